The molecule has 3 N–H and O–H groups in total. The summed E-state index contributed by atoms with van der Waals surface area (Å²) in [6.45, 7) is -0.737. The van der Waals surface area contributed by atoms with Crippen molar-refractivity contribution in [1.82, 2.24) is 5.32 Å². The van der Waals surface area contributed by atoms with Crippen LogP contribution in [0.15, 0.2) is 51.7 Å². The van der Waals surface area contributed by atoms with Crippen LogP contribution < -0.4 is 15.7 Å². The van der Waals surface area contributed by atoms with Gasteiger partial charge in [0.1, 0.15) is 17.9 Å². The van der Waals surface area contributed by atoms with E-state index in [4.69, 9.17) is 5.11 Å². The number of fused-ring (bicyclic) bond motifs is 1. The van der Waals surface area contributed by atoms with Gasteiger partial charge in [-0.1, -0.05) is 18.2 Å². The highest BCUT2D eigenvalue weighted by molar-refractivity contribution is 6.09. The fourth-order valence-electron chi connectivity index (χ4n) is 2.73. The quantitative estimate of drug-likeness (QED) is 0.576. The lowest BCUT2D eigenvalue weighted by atomic mass is 9.99. The van der Waals surface area contributed by atoms with Gasteiger partial charge in [-0.25, -0.2) is 4.79 Å². The topological polar surface area (TPSA) is 126 Å². The molecule has 1 aromatic heterocycles. The number of aliphatic carboxylic acids is 1. The lowest BCUT2D eigenvalue weighted by Crippen LogP contribution is -2.29. The number of hydrogen-bond acceptors (Lipinski definition) is 6. The summed E-state index contributed by atoms with van der Waals surface area (Å²) in [5.74, 6) is -3.75. The zero-order valence-electron chi connectivity index (χ0n) is 14.8. The summed E-state index contributed by atoms with van der Waals surface area (Å²) in [5, 5.41) is 20.6. The number of nitrogens with one attached hydrogen (secondary N) is 1. The van der Waals surface area contributed by atoms with E-state index in [9.17, 15) is 32.7 Å². The summed E-state index contributed by atoms with van der Waals surface area (Å²) >= 11 is 0. The van der Waals surface area contributed by atoms with Gasteiger partial charge in [-0.2, -0.15) is 0 Å². The fraction of sp³-hybridized carbons (Fsp3) is 0.105. The molecule has 1 heterocycles. The Bertz CT molecular complexity index is 1180. The van der Waals surface area contributed by atoms with Crippen molar-refractivity contribution in [2.75, 3.05) is 6.54 Å². The first-order valence-corrected chi connectivity index (χ1v) is 8.21. The van der Waals surface area contributed by atoms with Gasteiger partial charge >= 0.3 is 18.0 Å². The third-order valence-corrected chi connectivity index (χ3v) is 3.96. The molecular weight excluding hydrogens is 411 g/mol. The van der Waals surface area contributed by atoms with Crippen molar-refractivity contribution in [1.29, 1.82) is 0 Å². The van der Waals surface area contributed by atoms with Crippen LogP contribution in [0.25, 0.3) is 21.9 Å². The number of aromatic hydroxyl groups is 1. The minimum absolute atomic E-state index is 0.0280. The van der Waals surface area contributed by atoms with E-state index in [2.05, 4.69) is 14.5 Å². The first kappa shape index (κ1) is 20.7. The number of carboxylic acids is 1. The largest absolute Gasteiger partial charge is 0.573 e. The molecule has 0 saturated carbocycles. The third kappa shape index (κ3) is 4.51. The minimum Gasteiger partial charge on any atom is -0.480 e. The number of carboxylic acid groups (broad SMARTS) is 1. The Morgan fingerprint density at radius 2 is 1.67 bits per heavy atom. The minimum atomic E-state index is -4.84. The second-order valence-corrected chi connectivity index (χ2v) is 5.98. The molecule has 3 aromatic rings. The zero-order chi connectivity index (χ0) is 22.1. The van der Waals surface area contributed by atoms with Gasteiger partial charge in [0.15, 0.2) is 0 Å². The molecule has 0 aliphatic rings. The second kappa shape index (κ2) is 7.78. The van der Waals surface area contributed by atoms with Gasteiger partial charge < -0.3 is 24.7 Å². The van der Waals surface area contributed by atoms with E-state index in [0.29, 0.717) is 11.1 Å². The van der Waals surface area contributed by atoms with Crippen LogP contribution in [0.4, 0.5) is 13.2 Å². The molecule has 156 valence electrons. The first-order valence-electron chi connectivity index (χ1n) is 8.21. The number of carbonyl (C=O) groups is 2. The number of alkyl halides is 3. The van der Waals surface area contributed by atoms with E-state index < -0.39 is 47.7 Å². The van der Waals surface area contributed by atoms with Crippen molar-refractivity contribution in [2.45, 2.75) is 6.36 Å². The molecule has 2 aromatic carbocycles. The number of carbonyl (C=O) groups excluding carboxylic acids is 1. The molecule has 11 heteroatoms. The number of benzene rings is 2. The van der Waals surface area contributed by atoms with Crippen LogP contribution in [0.1, 0.15) is 10.4 Å². The van der Waals surface area contributed by atoms with Crippen LogP contribution in [-0.2, 0) is 4.79 Å². The molecule has 0 fully saturated rings. The molecule has 0 aliphatic heterocycles. The van der Waals surface area contributed by atoms with Crippen LogP contribution >= 0.6 is 0 Å². The molecule has 8 nitrogen and oxygen atoms in total. The Hall–Kier alpha value is -4.02. The predicted molar refractivity (Wildman–Crippen MR) is 96.2 cm³/mol. The molecule has 0 aliphatic carbocycles. The third-order valence-electron chi connectivity index (χ3n) is 3.96. The normalized spacial score (nSPS) is 11.3. The van der Waals surface area contributed by atoms with Crippen molar-refractivity contribution >= 4 is 22.6 Å². The number of amides is 1. The lowest BCUT2D eigenvalue weighted by molar-refractivity contribution is -0.274. The smallest absolute Gasteiger partial charge is 0.480 e. The van der Waals surface area contributed by atoms with E-state index >= 15 is 0 Å². The molecular formula is C19H12F3NO7. The van der Waals surface area contributed by atoms with Crippen LogP contribution in [0.2, 0.25) is 0 Å². The Labute approximate surface area is 165 Å². The average Bonchev–Trinajstić information content (AvgIpc) is 2.65. The highest BCUT2D eigenvalue weighted by Gasteiger charge is 2.31. The maximum Gasteiger partial charge on any atom is 0.573 e. The van der Waals surface area contributed by atoms with Crippen molar-refractivity contribution in [3.63, 3.8) is 0 Å². The van der Waals surface area contributed by atoms with Crippen LogP contribution in [-0.4, -0.2) is 35.0 Å². The number of ether oxygens (including phenoxy) is 1. The van der Waals surface area contributed by atoms with E-state index in [0.717, 1.165) is 12.1 Å². The second-order valence-electron chi connectivity index (χ2n) is 5.98. The van der Waals surface area contributed by atoms with Gasteiger partial charge in [-0.3, -0.25) is 9.59 Å². The standard InChI is InChI=1S/C19H12F3NO7/c20-19(21,22)30-11-4-1-9(2-5-11)10-3-6-12-13(7-10)15(18(28)29-17(12)27)16(26)23-8-14(24)25/h1-7,28H,8H2,(H,23,26)(H,24,25). The van der Waals surface area contributed by atoms with E-state index in [1.807, 2.05) is 0 Å². The van der Waals surface area contributed by atoms with Gasteiger partial charge in [0, 0.05) is 5.39 Å². The van der Waals surface area contributed by atoms with E-state index in [-0.39, 0.29) is 10.8 Å². The molecule has 0 radical (unpaired) electrons. The Balaban J connectivity index is 2.06. The predicted octanol–water partition coefficient (Wildman–Crippen LogP) is 2.88. The Morgan fingerprint density at radius 3 is 2.27 bits per heavy atom. The summed E-state index contributed by atoms with van der Waals surface area (Å²) in [5.41, 5.74) is -0.558. The fourth-order valence-corrected chi connectivity index (χ4v) is 2.73. The van der Waals surface area contributed by atoms with Crippen molar-refractivity contribution in [2.24, 2.45) is 0 Å². The molecule has 0 unspecified atom stereocenters. The molecule has 1 amide bonds. The Morgan fingerprint density at radius 1 is 1.03 bits per heavy atom. The van der Waals surface area contributed by atoms with E-state index in [1.165, 1.54) is 30.3 Å². The van der Waals surface area contributed by atoms with Crippen molar-refractivity contribution in [3.05, 3.63) is 58.4 Å². The summed E-state index contributed by atoms with van der Waals surface area (Å²) in [6, 6.07) is 8.96. The van der Waals surface area contributed by atoms with Gasteiger partial charge in [0.05, 0.1) is 5.39 Å². The van der Waals surface area contributed by atoms with Crippen LogP contribution in [0, 0.1) is 0 Å². The van der Waals surface area contributed by atoms with Gasteiger partial charge in [0.2, 0.25) is 0 Å². The molecule has 0 spiro atoms. The Kier molecular flexibility index (Phi) is 5.37. The maximum atomic E-state index is 12.3. The lowest BCUT2D eigenvalue weighted by Gasteiger charge is -2.11. The monoisotopic (exact) mass is 423 g/mol. The molecule has 3 rings (SSSR count). The number of hydrogen-bond donors (Lipinski definition) is 3. The summed E-state index contributed by atoms with van der Waals surface area (Å²) in [7, 11) is 0. The summed E-state index contributed by atoms with van der Waals surface area (Å²) in [4.78, 5) is 35.0. The summed E-state index contributed by atoms with van der Waals surface area (Å²) < 4.78 is 45.3. The SMILES string of the molecule is O=C(O)CNC(=O)c1c(O)oc(=O)c2ccc(-c3ccc(OC(F)(F)F)cc3)cc12. The van der Waals surface area contributed by atoms with Crippen molar-refractivity contribution in [3.8, 4) is 22.8 Å². The highest BCUT2D eigenvalue weighted by Crippen LogP contribution is 2.31. The maximum absolute atomic E-state index is 12.3. The highest BCUT2D eigenvalue weighted by atomic mass is 19.4. The van der Waals surface area contributed by atoms with Gasteiger partial charge in [-0.15, -0.1) is 13.2 Å². The van der Waals surface area contributed by atoms with Gasteiger partial charge in [0.25, 0.3) is 11.9 Å². The number of rotatable bonds is 5. The number of halogens is 3. The molecule has 30 heavy (non-hydrogen) atoms. The van der Waals surface area contributed by atoms with Crippen LogP contribution in [0.3, 0.4) is 0 Å². The summed E-state index contributed by atoms with van der Waals surface area (Å²) in [6.07, 6.45) is -4.84. The van der Waals surface area contributed by atoms with E-state index in [1.54, 1.807) is 0 Å². The molecule has 0 saturated heterocycles. The molecule has 0 atom stereocenters. The zero-order valence-corrected chi connectivity index (χ0v) is 14.8. The average molecular weight is 423 g/mol. The first-order chi connectivity index (χ1) is 14.0. The van der Waals surface area contributed by atoms with Crippen molar-refractivity contribution < 1.29 is 42.1 Å². The molecule has 0 bridgehead atoms. The van der Waals surface area contributed by atoms with Crippen LogP contribution in [0.5, 0.6) is 11.7 Å². The van der Waals surface area contributed by atoms with Gasteiger partial charge in [-0.05, 0) is 35.4 Å².